The molecule has 0 aliphatic rings. The summed E-state index contributed by atoms with van der Waals surface area (Å²) in [7, 11) is 0. The van der Waals surface area contributed by atoms with E-state index in [9.17, 15) is 0 Å². The van der Waals surface area contributed by atoms with Crippen LogP contribution < -0.4 is 5.32 Å². The van der Waals surface area contributed by atoms with Gasteiger partial charge in [0.2, 0.25) is 0 Å². The molecule has 0 bridgehead atoms. The average Bonchev–Trinajstić information content (AvgIpc) is 2.18. The molecule has 0 saturated heterocycles. The number of rotatable bonds is 2. The highest BCUT2D eigenvalue weighted by molar-refractivity contribution is 5.44. The third-order valence-corrected chi connectivity index (χ3v) is 1.20. The van der Waals surface area contributed by atoms with Crippen LogP contribution in [0.3, 0.4) is 0 Å². The molecular formula is C6H11N3. The largest absolute Gasteiger partial charge is 0.383 e. The molecule has 0 saturated carbocycles. The Labute approximate surface area is 54.5 Å². The van der Waals surface area contributed by atoms with Crippen molar-refractivity contribution in [2.75, 3.05) is 11.9 Å². The standard InChI is InChI=1S/C6H11N3/c1-3-7-6-4-8-9-5(6)2/h4,7H,3H2,1-2H3,(H,8,9). The number of aryl methyl sites for hydroxylation is 1. The molecule has 1 aromatic heterocycles. The number of aromatic amines is 1. The molecule has 3 nitrogen and oxygen atoms in total. The van der Waals surface area contributed by atoms with Crippen LogP contribution in [0.4, 0.5) is 5.69 Å². The summed E-state index contributed by atoms with van der Waals surface area (Å²) >= 11 is 0. The molecule has 0 fully saturated rings. The number of hydrogen-bond donors (Lipinski definition) is 2. The van der Waals surface area contributed by atoms with Crippen LogP contribution in [0.15, 0.2) is 6.20 Å². The van der Waals surface area contributed by atoms with Gasteiger partial charge in [0.1, 0.15) is 0 Å². The maximum absolute atomic E-state index is 3.85. The maximum Gasteiger partial charge on any atom is 0.0753 e. The van der Waals surface area contributed by atoms with Crippen LogP contribution in [0.2, 0.25) is 0 Å². The molecule has 0 radical (unpaired) electrons. The summed E-state index contributed by atoms with van der Waals surface area (Å²) in [5.74, 6) is 0. The topological polar surface area (TPSA) is 40.7 Å². The van der Waals surface area contributed by atoms with E-state index in [0.29, 0.717) is 0 Å². The summed E-state index contributed by atoms with van der Waals surface area (Å²) in [5.41, 5.74) is 2.19. The van der Waals surface area contributed by atoms with Gasteiger partial charge in [0, 0.05) is 6.54 Å². The Bertz CT molecular complexity index is 180. The number of nitrogens with one attached hydrogen (secondary N) is 2. The number of anilines is 1. The Kier molecular flexibility index (Phi) is 1.72. The van der Waals surface area contributed by atoms with Crippen molar-refractivity contribution in [2.24, 2.45) is 0 Å². The van der Waals surface area contributed by atoms with Gasteiger partial charge in [-0.2, -0.15) is 5.10 Å². The first-order chi connectivity index (χ1) is 4.34. The Balaban J connectivity index is 2.69. The van der Waals surface area contributed by atoms with E-state index in [4.69, 9.17) is 0 Å². The van der Waals surface area contributed by atoms with Crippen molar-refractivity contribution in [3.05, 3.63) is 11.9 Å². The molecule has 0 atom stereocenters. The minimum Gasteiger partial charge on any atom is -0.383 e. The Morgan fingerprint density at radius 3 is 3.00 bits per heavy atom. The maximum atomic E-state index is 3.85. The minimum atomic E-state index is 0.945. The van der Waals surface area contributed by atoms with E-state index in [-0.39, 0.29) is 0 Å². The van der Waals surface area contributed by atoms with Gasteiger partial charge < -0.3 is 5.32 Å². The highest BCUT2D eigenvalue weighted by atomic mass is 15.1. The predicted molar refractivity (Wildman–Crippen MR) is 37.5 cm³/mol. The fraction of sp³-hybridized carbons (Fsp3) is 0.500. The van der Waals surface area contributed by atoms with Gasteiger partial charge in [-0.05, 0) is 13.8 Å². The number of H-pyrrole nitrogens is 1. The normalized spacial score (nSPS) is 9.56. The molecule has 0 aliphatic heterocycles. The fourth-order valence-corrected chi connectivity index (χ4v) is 0.719. The van der Waals surface area contributed by atoms with E-state index in [0.717, 1.165) is 17.9 Å². The highest BCUT2D eigenvalue weighted by Gasteiger charge is 1.94. The van der Waals surface area contributed by atoms with Gasteiger partial charge >= 0.3 is 0 Å². The zero-order valence-electron chi connectivity index (χ0n) is 5.73. The van der Waals surface area contributed by atoms with Gasteiger partial charge in [-0.3, -0.25) is 5.10 Å². The van der Waals surface area contributed by atoms with Crippen molar-refractivity contribution in [2.45, 2.75) is 13.8 Å². The fourth-order valence-electron chi connectivity index (χ4n) is 0.719. The van der Waals surface area contributed by atoms with Crippen molar-refractivity contribution in [3.8, 4) is 0 Å². The number of nitrogens with zero attached hydrogens (tertiary/aromatic N) is 1. The van der Waals surface area contributed by atoms with Crippen molar-refractivity contribution in [3.63, 3.8) is 0 Å². The van der Waals surface area contributed by atoms with Gasteiger partial charge in [0.25, 0.3) is 0 Å². The van der Waals surface area contributed by atoms with E-state index >= 15 is 0 Å². The lowest BCUT2D eigenvalue weighted by Gasteiger charge is -1.97. The van der Waals surface area contributed by atoms with E-state index < -0.39 is 0 Å². The van der Waals surface area contributed by atoms with Crippen LogP contribution in [0.25, 0.3) is 0 Å². The average molecular weight is 125 g/mol. The molecular weight excluding hydrogens is 114 g/mol. The van der Waals surface area contributed by atoms with E-state index in [2.05, 4.69) is 22.4 Å². The van der Waals surface area contributed by atoms with E-state index in [1.54, 1.807) is 6.20 Å². The Morgan fingerprint density at radius 2 is 2.56 bits per heavy atom. The SMILES string of the molecule is CCNc1cn[nH]c1C. The van der Waals surface area contributed by atoms with E-state index in [1.165, 1.54) is 0 Å². The van der Waals surface area contributed by atoms with Gasteiger partial charge in [0.15, 0.2) is 0 Å². The van der Waals surface area contributed by atoms with Crippen molar-refractivity contribution >= 4 is 5.69 Å². The number of aromatic nitrogens is 2. The van der Waals surface area contributed by atoms with Gasteiger partial charge in [0.05, 0.1) is 17.6 Å². The van der Waals surface area contributed by atoms with Crippen molar-refractivity contribution < 1.29 is 0 Å². The summed E-state index contributed by atoms with van der Waals surface area (Å²) in [6, 6.07) is 0. The minimum absolute atomic E-state index is 0.945. The van der Waals surface area contributed by atoms with Crippen LogP contribution in [-0.4, -0.2) is 16.7 Å². The summed E-state index contributed by atoms with van der Waals surface area (Å²) in [4.78, 5) is 0. The first-order valence-electron chi connectivity index (χ1n) is 3.08. The molecule has 0 aromatic carbocycles. The van der Waals surface area contributed by atoms with Crippen LogP contribution >= 0.6 is 0 Å². The Morgan fingerprint density at radius 1 is 1.78 bits per heavy atom. The second-order valence-corrected chi connectivity index (χ2v) is 1.94. The molecule has 3 heteroatoms. The summed E-state index contributed by atoms with van der Waals surface area (Å²) in [6.45, 7) is 5.00. The zero-order valence-corrected chi connectivity index (χ0v) is 5.73. The van der Waals surface area contributed by atoms with Crippen LogP contribution in [0.1, 0.15) is 12.6 Å². The quantitative estimate of drug-likeness (QED) is 0.622. The molecule has 0 amide bonds. The molecule has 1 heterocycles. The lowest BCUT2D eigenvalue weighted by Crippen LogP contribution is -1.95. The van der Waals surface area contributed by atoms with Gasteiger partial charge in [-0.1, -0.05) is 0 Å². The third-order valence-electron chi connectivity index (χ3n) is 1.20. The van der Waals surface area contributed by atoms with Crippen LogP contribution in [-0.2, 0) is 0 Å². The summed E-state index contributed by atoms with van der Waals surface area (Å²) in [5, 5.41) is 9.86. The summed E-state index contributed by atoms with van der Waals surface area (Å²) in [6.07, 6.45) is 1.79. The molecule has 1 aromatic rings. The summed E-state index contributed by atoms with van der Waals surface area (Å²) < 4.78 is 0. The predicted octanol–water partition coefficient (Wildman–Crippen LogP) is 1.15. The van der Waals surface area contributed by atoms with Crippen molar-refractivity contribution in [1.82, 2.24) is 10.2 Å². The highest BCUT2D eigenvalue weighted by Crippen LogP contribution is 2.07. The van der Waals surface area contributed by atoms with Crippen molar-refractivity contribution in [1.29, 1.82) is 0 Å². The molecule has 1 rings (SSSR count). The second kappa shape index (κ2) is 2.53. The first kappa shape index (κ1) is 6.13. The molecule has 0 aliphatic carbocycles. The number of hydrogen-bond acceptors (Lipinski definition) is 2. The molecule has 0 unspecified atom stereocenters. The van der Waals surface area contributed by atoms with Gasteiger partial charge in [-0.25, -0.2) is 0 Å². The smallest absolute Gasteiger partial charge is 0.0753 e. The van der Waals surface area contributed by atoms with E-state index in [1.807, 2.05) is 6.92 Å². The lowest BCUT2D eigenvalue weighted by molar-refractivity contribution is 1.05. The monoisotopic (exact) mass is 125 g/mol. The third kappa shape index (κ3) is 1.22. The molecule has 0 spiro atoms. The Hall–Kier alpha value is -0.990. The second-order valence-electron chi connectivity index (χ2n) is 1.94. The van der Waals surface area contributed by atoms with Crippen LogP contribution in [0, 0.1) is 6.92 Å². The molecule has 9 heavy (non-hydrogen) atoms. The van der Waals surface area contributed by atoms with Gasteiger partial charge in [-0.15, -0.1) is 0 Å². The lowest BCUT2D eigenvalue weighted by atomic mass is 10.4. The molecule has 50 valence electrons. The van der Waals surface area contributed by atoms with Crippen LogP contribution in [0.5, 0.6) is 0 Å². The zero-order chi connectivity index (χ0) is 6.69. The first-order valence-corrected chi connectivity index (χ1v) is 3.08. The molecule has 2 N–H and O–H groups in total.